The van der Waals surface area contributed by atoms with Gasteiger partial charge in [0, 0.05) is 18.2 Å². The summed E-state index contributed by atoms with van der Waals surface area (Å²) in [6.45, 7) is 1.88. The first-order valence-electron chi connectivity index (χ1n) is 8.58. The van der Waals surface area contributed by atoms with Crippen LogP contribution in [0.25, 0.3) is 0 Å². The Hall–Kier alpha value is -1.24. The van der Waals surface area contributed by atoms with Crippen molar-refractivity contribution in [2.75, 3.05) is 20.6 Å². The smallest absolute Gasteiger partial charge is 0.240 e. The standard InChI is InChI=1S/C18H28N2O3S/c1-14(21)15-9-11-17(12-10-15)24(22,23)19-13-18(20(2)3)16-7-5-4-6-8-16/h9-12,16,18-19H,4-8,13H2,1-3H3. The third-order valence-corrected chi connectivity index (χ3v) is 6.35. The second-order valence-electron chi connectivity index (χ2n) is 6.86. The van der Waals surface area contributed by atoms with E-state index in [-0.39, 0.29) is 16.7 Å². The molecule has 1 N–H and O–H groups in total. The number of benzene rings is 1. The van der Waals surface area contributed by atoms with E-state index in [0.29, 0.717) is 18.0 Å². The lowest BCUT2D eigenvalue weighted by atomic mass is 9.83. The number of hydrogen-bond acceptors (Lipinski definition) is 4. The fourth-order valence-electron chi connectivity index (χ4n) is 3.44. The van der Waals surface area contributed by atoms with E-state index in [0.717, 1.165) is 12.8 Å². The molecule has 24 heavy (non-hydrogen) atoms. The maximum absolute atomic E-state index is 12.5. The topological polar surface area (TPSA) is 66.5 Å². The largest absolute Gasteiger partial charge is 0.305 e. The van der Waals surface area contributed by atoms with Crippen molar-refractivity contribution in [3.05, 3.63) is 29.8 Å². The summed E-state index contributed by atoms with van der Waals surface area (Å²) in [5.41, 5.74) is 0.516. The summed E-state index contributed by atoms with van der Waals surface area (Å²) in [5.74, 6) is 0.466. The molecule has 0 amide bonds. The molecule has 0 saturated heterocycles. The first-order chi connectivity index (χ1) is 11.3. The average molecular weight is 353 g/mol. The van der Waals surface area contributed by atoms with Crippen molar-refractivity contribution in [1.29, 1.82) is 0 Å². The summed E-state index contributed by atoms with van der Waals surface area (Å²) >= 11 is 0. The van der Waals surface area contributed by atoms with Gasteiger partial charge < -0.3 is 4.90 Å². The first-order valence-corrected chi connectivity index (χ1v) is 10.1. The van der Waals surface area contributed by atoms with Gasteiger partial charge in [-0.25, -0.2) is 13.1 Å². The van der Waals surface area contributed by atoms with Gasteiger partial charge in [0.2, 0.25) is 10.0 Å². The SMILES string of the molecule is CC(=O)c1ccc(S(=O)(=O)NCC(C2CCCCC2)N(C)C)cc1. The minimum Gasteiger partial charge on any atom is -0.305 e. The van der Waals surface area contributed by atoms with Crippen LogP contribution in [0.5, 0.6) is 0 Å². The van der Waals surface area contributed by atoms with Crippen LogP contribution >= 0.6 is 0 Å². The molecule has 0 aromatic heterocycles. The van der Waals surface area contributed by atoms with Crippen LogP contribution in [-0.2, 0) is 10.0 Å². The molecule has 1 atom stereocenters. The zero-order chi connectivity index (χ0) is 17.7. The maximum Gasteiger partial charge on any atom is 0.240 e. The second kappa shape index (κ2) is 8.23. The zero-order valence-electron chi connectivity index (χ0n) is 14.8. The summed E-state index contributed by atoms with van der Waals surface area (Å²) < 4.78 is 27.8. The lowest BCUT2D eigenvalue weighted by Crippen LogP contribution is -2.45. The molecule has 1 aromatic carbocycles. The normalized spacial score (nSPS) is 17.8. The van der Waals surface area contributed by atoms with E-state index >= 15 is 0 Å². The lowest BCUT2D eigenvalue weighted by molar-refractivity contribution is 0.101. The van der Waals surface area contributed by atoms with Crippen molar-refractivity contribution in [2.45, 2.75) is 50.0 Å². The van der Waals surface area contributed by atoms with Gasteiger partial charge in [0.05, 0.1) is 4.90 Å². The number of carbonyl (C=O) groups excluding carboxylic acids is 1. The van der Waals surface area contributed by atoms with Gasteiger partial charge in [0.25, 0.3) is 0 Å². The van der Waals surface area contributed by atoms with Crippen LogP contribution in [-0.4, -0.2) is 45.8 Å². The van der Waals surface area contributed by atoms with Crippen molar-refractivity contribution in [3.8, 4) is 0 Å². The fourth-order valence-corrected chi connectivity index (χ4v) is 4.49. The molecule has 2 rings (SSSR count). The Bertz CT molecular complexity index is 647. The quantitative estimate of drug-likeness (QED) is 0.766. The third kappa shape index (κ3) is 4.88. The third-order valence-electron chi connectivity index (χ3n) is 4.91. The minimum atomic E-state index is -3.56. The number of Topliss-reactive ketones (excluding diaryl/α,β-unsaturated/α-hetero) is 1. The van der Waals surface area contributed by atoms with Crippen LogP contribution < -0.4 is 4.72 Å². The van der Waals surface area contributed by atoms with Crippen molar-refractivity contribution in [2.24, 2.45) is 5.92 Å². The van der Waals surface area contributed by atoms with Gasteiger partial charge in [-0.05, 0) is 51.9 Å². The molecule has 0 heterocycles. The molecule has 1 saturated carbocycles. The highest BCUT2D eigenvalue weighted by atomic mass is 32.2. The van der Waals surface area contributed by atoms with Crippen LogP contribution in [0.4, 0.5) is 0 Å². The van der Waals surface area contributed by atoms with E-state index in [2.05, 4.69) is 9.62 Å². The monoisotopic (exact) mass is 352 g/mol. The number of nitrogens with zero attached hydrogens (tertiary/aromatic N) is 1. The van der Waals surface area contributed by atoms with Crippen LogP contribution in [0, 0.1) is 5.92 Å². The highest BCUT2D eigenvalue weighted by Crippen LogP contribution is 2.28. The predicted octanol–water partition coefficient (Wildman–Crippen LogP) is 2.68. The molecule has 1 fully saturated rings. The molecule has 0 aliphatic heterocycles. The highest BCUT2D eigenvalue weighted by Gasteiger charge is 2.27. The summed E-state index contributed by atoms with van der Waals surface area (Å²) in [6, 6.07) is 6.30. The van der Waals surface area contributed by atoms with Crippen molar-refractivity contribution in [1.82, 2.24) is 9.62 Å². The minimum absolute atomic E-state index is 0.0723. The Kier molecular flexibility index (Phi) is 6.54. The molecule has 0 radical (unpaired) electrons. The number of likely N-dealkylation sites (N-methyl/N-ethyl adjacent to an activating group) is 1. The molecule has 1 aliphatic rings. The van der Waals surface area contributed by atoms with Gasteiger partial charge in [0.15, 0.2) is 5.78 Å². The van der Waals surface area contributed by atoms with E-state index in [1.807, 2.05) is 14.1 Å². The van der Waals surface area contributed by atoms with Gasteiger partial charge >= 0.3 is 0 Å². The van der Waals surface area contributed by atoms with E-state index < -0.39 is 10.0 Å². The van der Waals surface area contributed by atoms with E-state index in [9.17, 15) is 13.2 Å². The zero-order valence-corrected chi connectivity index (χ0v) is 15.6. The Morgan fingerprint density at radius 2 is 1.75 bits per heavy atom. The number of ketones is 1. The number of hydrogen-bond donors (Lipinski definition) is 1. The van der Waals surface area contributed by atoms with E-state index in [1.165, 1.54) is 38.3 Å². The van der Waals surface area contributed by atoms with Crippen molar-refractivity contribution >= 4 is 15.8 Å². The maximum atomic E-state index is 12.5. The Labute approximate surface area is 145 Å². The molecule has 0 spiro atoms. The molecular formula is C18H28N2O3S. The first kappa shape index (κ1) is 19.1. The van der Waals surface area contributed by atoms with Gasteiger partial charge in [-0.15, -0.1) is 0 Å². The second-order valence-corrected chi connectivity index (χ2v) is 8.63. The van der Waals surface area contributed by atoms with Gasteiger partial charge in [-0.3, -0.25) is 4.79 Å². The molecule has 134 valence electrons. The number of nitrogens with one attached hydrogen (secondary N) is 1. The van der Waals surface area contributed by atoms with E-state index in [1.54, 1.807) is 12.1 Å². The molecule has 5 nitrogen and oxygen atoms in total. The number of sulfonamides is 1. The van der Waals surface area contributed by atoms with Gasteiger partial charge in [0.1, 0.15) is 0 Å². The van der Waals surface area contributed by atoms with Gasteiger partial charge in [-0.1, -0.05) is 31.4 Å². The summed E-state index contributed by atoms with van der Waals surface area (Å²) in [5, 5.41) is 0. The van der Waals surface area contributed by atoms with Gasteiger partial charge in [-0.2, -0.15) is 0 Å². The molecule has 0 bridgehead atoms. The summed E-state index contributed by atoms with van der Waals surface area (Å²) in [6.07, 6.45) is 6.07. The molecular weight excluding hydrogens is 324 g/mol. The van der Waals surface area contributed by atoms with E-state index in [4.69, 9.17) is 0 Å². The fraction of sp³-hybridized carbons (Fsp3) is 0.611. The lowest BCUT2D eigenvalue weighted by Gasteiger charge is -2.34. The Balaban J connectivity index is 2.05. The molecule has 1 unspecified atom stereocenters. The van der Waals surface area contributed by atoms with Crippen molar-refractivity contribution < 1.29 is 13.2 Å². The van der Waals surface area contributed by atoms with Crippen LogP contribution in [0.2, 0.25) is 0 Å². The molecule has 1 aliphatic carbocycles. The highest BCUT2D eigenvalue weighted by molar-refractivity contribution is 7.89. The Morgan fingerprint density at radius 3 is 2.25 bits per heavy atom. The number of carbonyl (C=O) groups is 1. The predicted molar refractivity (Wildman–Crippen MR) is 95.7 cm³/mol. The van der Waals surface area contributed by atoms with Crippen molar-refractivity contribution in [3.63, 3.8) is 0 Å². The Morgan fingerprint density at radius 1 is 1.17 bits per heavy atom. The number of rotatable bonds is 7. The summed E-state index contributed by atoms with van der Waals surface area (Å²) in [4.78, 5) is 13.6. The summed E-state index contributed by atoms with van der Waals surface area (Å²) in [7, 11) is 0.460. The molecule has 6 heteroatoms. The van der Waals surface area contributed by atoms with Crippen LogP contribution in [0.1, 0.15) is 49.4 Å². The molecule has 1 aromatic rings. The van der Waals surface area contributed by atoms with Crippen LogP contribution in [0.3, 0.4) is 0 Å². The average Bonchev–Trinajstić information content (AvgIpc) is 2.55. The van der Waals surface area contributed by atoms with Crippen LogP contribution in [0.15, 0.2) is 29.2 Å².